The molecule has 9 nitrogen and oxygen atoms in total. The van der Waals surface area contributed by atoms with E-state index < -0.39 is 24.3 Å². The maximum atomic E-state index is 12.7. The summed E-state index contributed by atoms with van der Waals surface area (Å²) >= 11 is 0. The fourth-order valence-corrected chi connectivity index (χ4v) is 6.04. The van der Waals surface area contributed by atoms with E-state index in [0.717, 1.165) is 77.0 Å². The number of ether oxygens (including phenoxy) is 4. The summed E-state index contributed by atoms with van der Waals surface area (Å²) in [6, 6.07) is 0. The highest BCUT2D eigenvalue weighted by Gasteiger charge is 2.25. The molecule has 0 aliphatic carbocycles. The van der Waals surface area contributed by atoms with Crippen LogP contribution in [0, 0.1) is 0 Å². The molecule has 2 unspecified atom stereocenters. The number of hydrogen-bond acceptors (Lipinski definition) is 7. The van der Waals surface area contributed by atoms with Crippen LogP contribution in [0.1, 0.15) is 187 Å². The first-order chi connectivity index (χ1) is 27.1. The molecule has 0 rings (SSSR count). The molecule has 1 N–H and O–H groups in total. The second-order valence-corrected chi connectivity index (χ2v) is 16.4. The monoisotopic (exact) mass is 793 g/mol. The average molecular weight is 793 g/mol. The minimum atomic E-state index is -1.51. The van der Waals surface area contributed by atoms with Crippen molar-refractivity contribution in [2.75, 3.05) is 47.5 Å². The molecule has 0 heterocycles. The largest absolute Gasteiger partial charge is 0.477 e. The average Bonchev–Trinajstić information content (AvgIpc) is 3.15. The zero-order valence-corrected chi connectivity index (χ0v) is 36.8. The van der Waals surface area contributed by atoms with Crippen LogP contribution in [-0.2, 0) is 33.3 Å². The van der Waals surface area contributed by atoms with Gasteiger partial charge >= 0.3 is 17.9 Å². The van der Waals surface area contributed by atoms with Crippen LogP contribution in [0.5, 0.6) is 0 Å². The summed E-state index contributed by atoms with van der Waals surface area (Å²) in [7, 11) is 5.94. The molecule has 0 aliphatic rings. The number of quaternary nitrogens is 1. The lowest BCUT2D eigenvalue weighted by atomic mass is 10.1. The number of aliphatic carboxylic acids is 1. The van der Waals surface area contributed by atoms with E-state index >= 15 is 0 Å². The Morgan fingerprint density at radius 3 is 1.46 bits per heavy atom. The number of likely N-dealkylation sites (N-methyl/N-ethyl adjacent to an activating group) is 1. The molecule has 0 aromatic heterocycles. The predicted molar refractivity (Wildman–Crippen MR) is 230 cm³/mol. The van der Waals surface area contributed by atoms with Crippen LogP contribution in [0.3, 0.4) is 0 Å². The lowest BCUT2D eigenvalue weighted by molar-refractivity contribution is -0.870. The first kappa shape index (κ1) is 53.5. The van der Waals surface area contributed by atoms with Crippen LogP contribution in [0.4, 0.5) is 0 Å². The number of hydrogen-bond donors (Lipinski definition) is 1. The predicted octanol–water partition coefficient (Wildman–Crippen LogP) is 11.8. The SMILES string of the molecule is CCCCC/C=C\C/C=C\CCCCCCCC(=O)OC(COC(=O)CCCCCCC/C=C\CCCCCCCCC)COC(OCC[N+](C)(C)C)C(=O)O. The molecule has 0 bridgehead atoms. The topological polar surface area (TPSA) is 108 Å². The lowest BCUT2D eigenvalue weighted by Crippen LogP contribution is -2.40. The van der Waals surface area contributed by atoms with E-state index in [1.165, 1.54) is 77.0 Å². The van der Waals surface area contributed by atoms with Crippen molar-refractivity contribution in [2.45, 2.75) is 200 Å². The van der Waals surface area contributed by atoms with Gasteiger partial charge in [-0.25, -0.2) is 4.79 Å². The zero-order valence-electron chi connectivity index (χ0n) is 36.8. The van der Waals surface area contributed by atoms with E-state index in [0.29, 0.717) is 17.4 Å². The normalized spacial score (nSPS) is 13.2. The van der Waals surface area contributed by atoms with E-state index in [4.69, 9.17) is 18.9 Å². The minimum absolute atomic E-state index is 0.183. The Balaban J connectivity index is 4.47. The van der Waals surface area contributed by atoms with Crippen molar-refractivity contribution in [3.63, 3.8) is 0 Å². The second kappa shape index (κ2) is 39.3. The number of carbonyl (C=O) groups excluding carboxylic acids is 2. The number of nitrogens with zero attached hydrogens (tertiary/aromatic N) is 1. The van der Waals surface area contributed by atoms with Gasteiger partial charge < -0.3 is 28.5 Å². The van der Waals surface area contributed by atoms with E-state index in [1.807, 2.05) is 21.1 Å². The molecule has 9 heteroatoms. The lowest BCUT2D eigenvalue weighted by Gasteiger charge is -2.25. The van der Waals surface area contributed by atoms with Gasteiger partial charge in [-0.05, 0) is 70.6 Å². The van der Waals surface area contributed by atoms with Crippen molar-refractivity contribution in [3.8, 4) is 0 Å². The summed E-state index contributed by atoms with van der Waals surface area (Å²) in [5, 5.41) is 9.63. The van der Waals surface area contributed by atoms with Gasteiger partial charge in [0.15, 0.2) is 6.10 Å². The molecule has 0 aromatic carbocycles. The maximum Gasteiger partial charge on any atom is 0.361 e. The van der Waals surface area contributed by atoms with Crippen LogP contribution >= 0.6 is 0 Å². The van der Waals surface area contributed by atoms with Gasteiger partial charge in [0, 0.05) is 12.8 Å². The summed E-state index contributed by atoms with van der Waals surface area (Å²) in [5.74, 6) is -2.04. The first-order valence-corrected chi connectivity index (χ1v) is 22.7. The van der Waals surface area contributed by atoms with Gasteiger partial charge in [0.2, 0.25) is 0 Å². The van der Waals surface area contributed by atoms with Gasteiger partial charge in [-0.15, -0.1) is 0 Å². The fraction of sp³-hybridized carbons (Fsp3) is 0.809. The van der Waals surface area contributed by atoms with Gasteiger partial charge in [-0.1, -0.05) is 140 Å². The van der Waals surface area contributed by atoms with Crippen LogP contribution in [0.15, 0.2) is 36.5 Å². The molecule has 0 radical (unpaired) electrons. The molecular formula is C47H86NO8+. The molecule has 0 saturated heterocycles. The van der Waals surface area contributed by atoms with Crippen LogP contribution in [0.2, 0.25) is 0 Å². The molecular weight excluding hydrogens is 707 g/mol. The van der Waals surface area contributed by atoms with Crippen molar-refractivity contribution in [2.24, 2.45) is 0 Å². The third kappa shape index (κ3) is 39.7. The number of allylic oxidation sites excluding steroid dienone is 6. The van der Waals surface area contributed by atoms with Crippen LogP contribution < -0.4 is 0 Å². The van der Waals surface area contributed by atoms with Crippen molar-refractivity contribution in [1.82, 2.24) is 0 Å². The van der Waals surface area contributed by atoms with Crippen molar-refractivity contribution < 1.29 is 42.9 Å². The summed E-state index contributed by atoms with van der Waals surface area (Å²) in [4.78, 5) is 37.1. The molecule has 326 valence electrons. The number of carbonyl (C=O) groups is 3. The molecule has 0 spiro atoms. The maximum absolute atomic E-state index is 12.7. The highest BCUT2D eigenvalue weighted by Crippen LogP contribution is 2.13. The third-order valence-electron chi connectivity index (χ3n) is 9.62. The number of carboxylic acids is 1. The Morgan fingerprint density at radius 2 is 0.964 bits per heavy atom. The molecule has 0 aliphatic heterocycles. The molecule has 0 aromatic rings. The number of esters is 2. The highest BCUT2D eigenvalue weighted by molar-refractivity contribution is 5.71. The van der Waals surface area contributed by atoms with Gasteiger partial charge in [0.05, 0.1) is 34.4 Å². The minimum Gasteiger partial charge on any atom is -0.477 e. The van der Waals surface area contributed by atoms with Gasteiger partial charge in [-0.3, -0.25) is 9.59 Å². The number of unbranched alkanes of at least 4 members (excludes halogenated alkanes) is 20. The standard InChI is InChI=1S/C47H85NO8/c1-6-8-10-12-14-16-18-20-22-24-25-27-29-31-33-35-37-44(49)54-41-43(42-55-47(46(51)52)53-40-39-48(3,4)5)56-45(50)38-36-34-32-30-28-26-23-21-19-17-15-13-11-9-7-2/h15,17,21-24,43,47H,6-14,16,18-20,25-42H2,1-5H3/p+1/b17-15-,23-21-,24-22-. The first-order valence-electron chi connectivity index (χ1n) is 22.7. The van der Waals surface area contributed by atoms with Crippen LogP contribution in [-0.4, -0.2) is 87.4 Å². The van der Waals surface area contributed by atoms with E-state index in [-0.39, 0.29) is 38.6 Å². The summed E-state index contributed by atoms with van der Waals surface area (Å²) in [6.07, 6.45) is 40.5. The Hall–Kier alpha value is -2.49. The van der Waals surface area contributed by atoms with E-state index in [2.05, 4.69) is 50.3 Å². The number of rotatable bonds is 41. The van der Waals surface area contributed by atoms with Crippen LogP contribution in [0.25, 0.3) is 0 Å². The fourth-order valence-electron chi connectivity index (χ4n) is 6.04. The third-order valence-corrected chi connectivity index (χ3v) is 9.62. The molecule has 56 heavy (non-hydrogen) atoms. The summed E-state index contributed by atoms with van der Waals surface area (Å²) in [5.41, 5.74) is 0. The van der Waals surface area contributed by atoms with E-state index in [9.17, 15) is 19.5 Å². The molecule has 2 atom stereocenters. The highest BCUT2D eigenvalue weighted by atomic mass is 16.7. The Bertz CT molecular complexity index is 1020. The second-order valence-electron chi connectivity index (χ2n) is 16.4. The van der Waals surface area contributed by atoms with Gasteiger partial charge in [-0.2, -0.15) is 0 Å². The smallest absolute Gasteiger partial charge is 0.361 e. The Kier molecular flexibility index (Phi) is 37.6. The number of carboxylic acid groups (broad SMARTS) is 1. The molecule has 0 saturated carbocycles. The van der Waals surface area contributed by atoms with Crippen molar-refractivity contribution in [3.05, 3.63) is 36.5 Å². The van der Waals surface area contributed by atoms with Gasteiger partial charge in [0.25, 0.3) is 6.29 Å². The Morgan fingerprint density at radius 1 is 0.536 bits per heavy atom. The summed E-state index contributed by atoms with van der Waals surface area (Å²) < 4.78 is 22.7. The zero-order chi connectivity index (χ0) is 41.4. The van der Waals surface area contributed by atoms with E-state index in [1.54, 1.807) is 0 Å². The van der Waals surface area contributed by atoms with Crippen molar-refractivity contribution >= 4 is 17.9 Å². The van der Waals surface area contributed by atoms with Crippen molar-refractivity contribution in [1.29, 1.82) is 0 Å². The summed E-state index contributed by atoms with van der Waals surface area (Å²) in [6.45, 7) is 4.81. The molecule has 0 fully saturated rings. The quantitative estimate of drug-likeness (QED) is 0.0214. The molecule has 0 amide bonds. The van der Waals surface area contributed by atoms with Gasteiger partial charge in [0.1, 0.15) is 13.2 Å². The Labute approximate surface area is 343 Å².